The molecule has 0 aliphatic rings. The SMILES string of the molecule is COC(=O)c1cc(Cl)ccc1Oc1ccc(F)cc1N. The van der Waals surface area contributed by atoms with Crippen molar-refractivity contribution in [1.82, 2.24) is 0 Å². The van der Waals surface area contributed by atoms with Gasteiger partial charge in [-0.25, -0.2) is 9.18 Å². The summed E-state index contributed by atoms with van der Waals surface area (Å²) in [5.74, 6) is -0.610. The van der Waals surface area contributed by atoms with Gasteiger partial charge in [0.25, 0.3) is 0 Å². The molecule has 2 aromatic rings. The van der Waals surface area contributed by atoms with Crippen LogP contribution in [0, 0.1) is 5.82 Å². The Kier molecular flexibility index (Phi) is 4.10. The van der Waals surface area contributed by atoms with Crippen LogP contribution in [0.4, 0.5) is 10.1 Å². The van der Waals surface area contributed by atoms with Crippen molar-refractivity contribution in [3.63, 3.8) is 0 Å². The number of hydrogen-bond acceptors (Lipinski definition) is 4. The third-order valence-corrected chi connectivity index (χ3v) is 2.77. The van der Waals surface area contributed by atoms with Crippen molar-refractivity contribution in [3.8, 4) is 11.5 Å². The predicted octanol–water partition coefficient (Wildman–Crippen LogP) is 3.64. The van der Waals surface area contributed by atoms with E-state index in [0.29, 0.717) is 5.02 Å². The van der Waals surface area contributed by atoms with E-state index in [2.05, 4.69) is 4.74 Å². The number of hydrogen-bond donors (Lipinski definition) is 1. The van der Waals surface area contributed by atoms with Gasteiger partial charge in [0.15, 0.2) is 5.75 Å². The number of anilines is 1. The molecule has 0 heterocycles. The van der Waals surface area contributed by atoms with Crippen LogP contribution in [0.3, 0.4) is 0 Å². The number of methoxy groups -OCH3 is 1. The zero-order valence-electron chi connectivity index (χ0n) is 10.5. The highest BCUT2D eigenvalue weighted by atomic mass is 35.5. The molecule has 6 heteroatoms. The molecule has 20 heavy (non-hydrogen) atoms. The van der Waals surface area contributed by atoms with Crippen LogP contribution in [-0.4, -0.2) is 13.1 Å². The van der Waals surface area contributed by atoms with E-state index in [1.54, 1.807) is 6.07 Å². The van der Waals surface area contributed by atoms with Crippen molar-refractivity contribution in [2.45, 2.75) is 0 Å². The number of ether oxygens (including phenoxy) is 2. The first-order chi connectivity index (χ1) is 9.51. The van der Waals surface area contributed by atoms with Gasteiger partial charge < -0.3 is 15.2 Å². The van der Waals surface area contributed by atoms with Gasteiger partial charge in [-0.2, -0.15) is 0 Å². The van der Waals surface area contributed by atoms with E-state index in [1.807, 2.05) is 0 Å². The lowest BCUT2D eigenvalue weighted by molar-refractivity contribution is 0.0598. The Labute approximate surface area is 119 Å². The largest absolute Gasteiger partial charge is 0.465 e. The molecule has 0 saturated heterocycles. The first-order valence-corrected chi connectivity index (χ1v) is 6.00. The molecule has 4 nitrogen and oxygen atoms in total. The lowest BCUT2D eigenvalue weighted by Crippen LogP contribution is -2.04. The molecule has 0 aliphatic heterocycles. The fourth-order valence-corrected chi connectivity index (χ4v) is 1.76. The summed E-state index contributed by atoms with van der Waals surface area (Å²) in [6.45, 7) is 0. The Morgan fingerprint density at radius 1 is 1.20 bits per heavy atom. The van der Waals surface area contributed by atoms with E-state index in [4.69, 9.17) is 22.1 Å². The maximum Gasteiger partial charge on any atom is 0.341 e. The van der Waals surface area contributed by atoms with Crippen molar-refractivity contribution in [1.29, 1.82) is 0 Å². The summed E-state index contributed by atoms with van der Waals surface area (Å²) in [6, 6.07) is 8.20. The summed E-state index contributed by atoms with van der Waals surface area (Å²) in [6.07, 6.45) is 0. The van der Waals surface area contributed by atoms with Gasteiger partial charge in [-0.15, -0.1) is 0 Å². The lowest BCUT2D eigenvalue weighted by atomic mass is 10.2. The number of carbonyl (C=O) groups is 1. The van der Waals surface area contributed by atoms with E-state index in [-0.39, 0.29) is 22.7 Å². The second kappa shape index (κ2) is 5.79. The Morgan fingerprint density at radius 2 is 1.90 bits per heavy atom. The molecular weight excluding hydrogens is 285 g/mol. The summed E-state index contributed by atoms with van der Waals surface area (Å²) in [5, 5.41) is 0.366. The molecule has 0 saturated carbocycles. The molecule has 104 valence electrons. The van der Waals surface area contributed by atoms with Gasteiger partial charge in [-0.05, 0) is 30.3 Å². The molecule has 2 aromatic carbocycles. The van der Waals surface area contributed by atoms with Crippen molar-refractivity contribution in [2.75, 3.05) is 12.8 Å². The molecule has 0 aromatic heterocycles. The zero-order chi connectivity index (χ0) is 14.7. The fraction of sp³-hybridized carbons (Fsp3) is 0.0714. The molecule has 0 fully saturated rings. The standard InChI is InChI=1S/C14H11ClFNO3/c1-19-14(18)10-6-8(15)2-4-12(10)20-13-5-3-9(16)7-11(13)17/h2-7H,17H2,1H3. The van der Waals surface area contributed by atoms with Crippen molar-refractivity contribution < 1.29 is 18.7 Å². The minimum atomic E-state index is -0.594. The minimum Gasteiger partial charge on any atom is -0.465 e. The van der Waals surface area contributed by atoms with E-state index < -0.39 is 11.8 Å². The van der Waals surface area contributed by atoms with E-state index >= 15 is 0 Å². The van der Waals surface area contributed by atoms with Crippen LogP contribution >= 0.6 is 11.6 Å². The van der Waals surface area contributed by atoms with Crippen LogP contribution in [0.15, 0.2) is 36.4 Å². The number of carbonyl (C=O) groups excluding carboxylic acids is 1. The van der Waals surface area contributed by atoms with Crippen molar-refractivity contribution in [2.24, 2.45) is 0 Å². The third kappa shape index (κ3) is 3.00. The molecule has 0 bridgehead atoms. The van der Waals surface area contributed by atoms with Gasteiger partial charge in [-0.3, -0.25) is 0 Å². The van der Waals surface area contributed by atoms with E-state index in [0.717, 1.165) is 6.07 Å². The molecule has 0 unspecified atom stereocenters. The molecule has 0 spiro atoms. The maximum absolute atomic E-state index is 13.0. The van der Waals surface area contributed by atoms with Gasteiger partial charge >= 0.3 is 5.97 Å². The Balaban J connectivity index is 2.40. The zero-order valence-corrected chi connectivity index (χ0v) is 11.3. The summed E-state index contributed by atoms with van der Waals surface area (Å²) >= 11 is 5.84. The number of halogens is 2. The Hall–Kier alpha value is -2.27. The topological polar surface area (TPSA) is 61.5 Å². The Bertz CT molecular complexity index is 661. The normalized spacial score (nSPS) is 10.2. The van der Waals surface area contributed by atoms with Crippen molar-refractivity contribution >= 4 is 23.3 Å². The van der Waals surface area contributed by atoms with Gasteiger partial charge in [-0.1, -0.05) is 11.6 Å². The lowest BCUT2D eigenvalue weighted by Gasteiger charge is -2.12. The van der Waals surface area contributed by atoms with Crippen molar-refractivity contribution in [3.05, 3.63) is 52.8 Å². The molecule has 0 atom stereocenters. The smallest absolute Gasteiger partial charge is 0.341 e. The predicted molar refractivity (Wildman–Crippen MR) is 73.7 cm³/mol. The monoisotopic (exact) mass is 295 g/mol. The van der Waals surface area contributed by atoms with Crippen LogP contribution in [0.1, 0.15) is 10.4 Å². The Morgan fingerprint density at radius 3 is 2.55 bits per heavy atom. The molecular formula is C14H11ClFNO3. The number of rotatable bonds is 3. The summed E-state index contributed by atoms with van der Waals surface area (Å²) < 4.78 is 23.1. The van der Waals surface area contributed by atoms with Crippen LogP contribution < -0.4 is 10.5 Å². The number of benzene rings is 2. The third-order valence-electron chi connectivity index (χ3n) is 2.54. The van der Waals surface area contributed by atoms with Gasteiger partial charge in [0.05, 0.1) is 12.8 Å². The fourth-order valence-electron chi connectivity index (χ4n) is 1.59. The average molecular weight is 296 g/mol. The number of nitrogen functional groups attached to an aromatic ring is 1. The van der Waals surface area contributed by atoms with Gasteiger partial charge in [0.2, 0.25) is 0 Å². The highest BCUT2D eigenvalue weighted by Gasteiger charge is 2.15. The van der Waals surface area contributed by atoms with Crippen LogP contribution in [-0.2, 0) is 4.74 Å². The molecule has 2 rings (SSSR count). The second-order valence-electron chi connectivity index (χ2n) is 3.92. The molecule has 0 amide bonds. The van der Waals surface area contributed by atoms with Crippen LogP contribution in [0.25, 0.3) is 0 Å². The minimum absolute atomic E-state index is 0.121. The van der Waals surface area contributed by atoms with Gasteiger partial charge in [0, 0.05) is 11.1 Å². The summed E-state index contributed by atoms with van der Waals surface area (Å²) in [7, 11) is 1.25. The maximum atomic E-state index is 13.0. The van der Waals surface area contributed by atoms with Crippen LogP contribution in [0.5, 0.6) is 11.5 Å². The summed E-state index contributed by atoms with van der Waals surface area (Å²) in [5.41, 5.74) is 5.93. The van der Waals surface area contributed by atoms with E-state index in [9.17, 15) is 9.18 Å². The van der Waals surface area contributed by atoms with Gasteiger partial charge in [0.1, 0.15) is 17.1 Å². The second-order valence-corrected chi connectivity index (χ2v) is 4.35. The van der Waals surface area contributed by atoms with Crippen LogP contribution in [0.2, 0.25) is 5.02 Å². The molecule has 2 N–H and O–H groups in total. The molecule has 0 aliphatic carbocycles. The highest BCUT2D eigenvalue weighted by molar-refractivity contribution is 6.31. The summed E-state index contributed by atoms with van der Waals surface area (Å²) in [4.78, 5) is 11.7. The quantitative estimate of drug-likeness (QED) is 0.693. The first kappa shape index (κ1) is 14.1. The first-order valence-electron chi connectivity index (χ1n) is 5.62. The van der Waals surface area contributed by atoms with E-state index in [1.165, 1.54) is 31.4 Å². The number of esters is 1. The number of nitrogens with two attached hydrogens (primary N) is 1. The average Bonchev–Trinajstić information content (AvgIpc) is 2.42. The molecule has 0 radical (unpaired) electrons. The highest BCUT2D eigenvalue weighted by Crippen LogP contribution is 2.32.